The zero-order valence-electron chi connectivity index (χ0n) is 15.7. The van der Waals surface area contributed by atoms with E-state index >= 15 is 0 Å². The van der Waals surface area contributed by atoms with Crippen molar-refractivity contribution in [2.45, 2.75) is 20.4 Å². The van der Waals surface area contributed by atoms with Crippen molar-refractivity contribution < 1.29 is 9.59 Å². The van der Waals surface area contributed by atoms with Crippen molar-refractivity contribution in [1.29, 1.82) is 0 Å². The van der Waals surface area contributed by atoms with Crippen molar-refractivity contribution in [1.82, 2.24) is 15.3 Å². The van der Waals surface area contributed by atoms with Crippen LogP contribution in [0.25, 0.3) is 0 Å². The maximum Gasteiger partial charge on any atom is 0.323 e. The Balaban J connectivity index is 1.56. The summed E-state index contributed by atoms with van der Waals surface area (Å²) >= 11 is 0. The molecule has 0 radical (unpaired) electrons. The van der Waals surface area contributed by atoms with Gasteiger partial charge in [0.1, 0.15) is 5.69 Å². The first kappa shape index (κ1) is 19.0. The van der Waals surface area contributed by atoms with Crippen LogP contribution in [0.3, 0.4) is 0 Å². The Bertz CT molecular complexity index is 986. The molecule has 0 saturated carbocycles. The fraction of sp³-hybridized carbons (Fsp3) is 0.143. The highest BCUT2D eigenvalue weighted by Gasteiger charge is 2.08. The number of rotatable bonds is 5. The van der Waals surface area contributed by atoms with Gasteiger partial charge in [-0.05, 0) is 49.2 Å². The number of benzene rings is 2. The van der Waals surface area contributed by atoms with E-state index in [1.165, 1.54) is 6.20 Å². The van der Waals surface area contributed by atoms with Crippen molar-refractivity contribution in [3.05, 3.63) is 83.4 Å². The second-order valence-electron chi connectivity index (χ2n) is 6.37. The van der Waals surface area contributed by atoms with Gasteiger partial charge in [-0.2, -0.15) is 0 Å². The van der Waals surface area contributed by atoms with Gasteiger partial charge in [0.15, 0.2) is 0 Å². The largest absolute Gasteiger partial charge is 0.347 e. The lowest BCUT2D eigenvalue weighted by molar-refractivity contribution is 0.0945. The molecule has 3 aromatic rings. The molecule has 7 heteroatoms. The van der Waals surface area contributed by atoms with Gasteiger partial charge < -0.3 is 16.0 Å². The van der Waals surface area contributed by atoms with E-state index in [9.17, 15) is 9.59 Å². The number of anilines is 2. The molecular formula is C21H21N5O2. The van der Waals surface area contributed by atoms with Crippen LogP contribution in [0.15, 0.2) is 60.9 Å². The molecule has 0 aliphatic carbocycles. The van der Waals surface area contributed by atoms with Gasteiger partial charge in [-0.3, -0.25) is 9.78 Å². The Morgan fingerprint density at radius 1 is 0.893 bits per heavy atom. The van der Waals surface area contributed by atoms with Gasteiger partial charge in [-0.15, -0.1) is 0 Å². The van der Waals surface area contributed by atoms with E-state index in [1.807, 2.05) is 50.2 Å². The average molecular weight is 375 g/mol. The van der Waals surface area contributed by atoms with Gasteiger partial charge in [-0.25, -0.2) is 9.78 Å². The van der Waals surface area contributed by atoms with Crippen LogP contribution in [0, 0.1) is 13.8 Å². The van der Waals surface area contributed by atoms with Crippen LogP contribution in [-0.4, -0.2) is 21.9 Å². The summed E-state index contributed by atoms with van der Waals surface area (Å²) in [6.07, 6.45) is 2.99. The molecule has 1 aromatic heterocycles. The number of carbonyl (C=O) groups is 2. The highest BCUT2D eigenvalue weighted by Crippen LogP contribution is 2.13. The first-order valence-corrected chi connectivity index (χ1v) is 8.80. The molecule has 2 aromatic carbocycles. The van der Waals surface area contributed by atoms with Gasteiger partial charge in [-0.1, -0.05) is 24.3 Å². The molecule has 0 saturated heterocycles. The van der Waals surface area contributed by atoms with Crippen molar-refractivity contribution in [3.8, 4) is 0 Å². The summed E-state index contributed by atoms with van der Waals surface area (Å²) in [6.45, 7) is 4.08. The Labute approximate surface area is 163 Å². The molecule has 0 bridgehead atoms. The molecule has 0 spiro atoms. The zero-order chi connectivity index (χ0) is 19.9. The summed E-state index contributed by atoms with van der Waals surface area (Å²) in [4.78, 5) is 32.4. The molecule has 3 amide bonds. The number of hydrogen-bond donors (Lipinski definition) is 3. The van der Waals surface area contributed by atoms with Gasteiger partial charge in [0.2, 0.25) is 0 Å². The minimum absolute atomic E-state index is 0.261. The van der Waals surface area contributed by atoms with Gasteiger partial charge in [0, 0.05) is 24.1 Å². The molecule has 0 unspecified atom stereocenters. The van der Waals surface area contributed by atoms with E-state index in [-0.39, 0.29) is 17.6 Å². The Kier molecular flexibility index (Phi) is 5.96. The fourth-order valence-corrected chi connectivity index (χ4v) is 2.56. The lowest BCUT2D eigenvalue weighted by Gasteiger charge is -2.10. The summed E-state index contributed by atoms with van der Waals surface area (Å²) in [6, 6.07) is 14.5. The molecule has 0 atom stereocenters. The number of hydrogen-bond acceptors (Lipinski definition) is 4. The van der Waals surface area contributed by atoms with Crippen LogP contribution >= 0.6 is 0 Å². The minimum Gasteiger partial charge on any atom is -0.347 e. The van der Waals surface area contributed by atoms with Crippen LogP contribution in [0.1, 0.15) is 27.3 Å². The van der Waals surface area contributed by atoms with Crippen molar-refractivity contribution in [2.75, 3.05) is 10.6 Å². The van der Waals surface area contributed by atoms with E-state index in [0.29, 0.717) is 12.2 Å². The fourth-order valence-electron chi connectivity index (χ4n) is 2.56. The quantitative estimate of drug-likeness (QED) is 0.634. The van der Waals surface area contributed by atoms with E-state index in [4.69, 9.17) is 0 Å². The third-order valence-electron chi connectivity index (χ3n) is 3.93. The van der Waals surface area contributed by atoms with Gasteiger partial charge in [0.05, 0.1) is 11.9 Å². The smallest absolute Gasteiger partial charge is 0.323 e. The summed E-state index contributed by atoms with van der Waals surface area (Å²) in [5.41, 5.74) is 4.28. The van der Waals surface area contributed by atoms with Crippen LogP contribution < -0.4 is 16.0 Å². The van der Waals surface area contributed by atoms with Gasteiger partial charge >= 0.3 is 6.03 Å². The van der Waals surface area contributed by atoms with Crippen molar-refractivity contribution >= 4 is 23.3 Å². The Hall–Kier alpha value is -3.74. The first-order valence-electron chi connectivity index (χ1n) is 8.80. The van der Waals surface area contributed by atoms with E-state index in [0.717, 1.165) is 22.5 Å². The normalized spacial score (nSPS) is 10.2. The summed E-state index contributed by atoms with van der Waals surface area (Å²) in [7, 11) is 0. The molecule has 0 fully saturated rings. The average Bonchev–Trinajstić information content (AvgIpc) is 2.67. The standard InChI is InChI=1S/C21H21N5O2/c1-14-5-3-7-17(9-14)25-21(28)26-18-8-4-6-16(10-18)12-24-20(27)19-13-22-15(2)11-23-19/h3-11,13H,12H2,1-2H3,(H,24,27)(H2,25,26,28). The second-order valence-corrected chi connectivity index (χ2v) is 6.37. The lowest BCUT2D eigenvalue weighted by Crippen LogP contribution is -2.24. The minimum atomic E-state index is -0.332. The molecule has 3 rings (SSSR count). The molecule has 0 aliphatic rings. The molecule has 3 N–H and O–H groups in total. The highest BCUT2D eigenvalue weighted by molar-refractivity contribution is 5.99. The number of aryl methyl sites for hydroxylation is 2. The molecule has 142 valence electrons. The Morgan fingerprint density at radius 2 is 1.61 bits per heavy atom. The zero-order valence-corrected chi connectivity index (χ0v) is 15.7. The predicted octanol–water partition coefficient (Wildman–Crippen LogP) is 3.67. The van der Waals surface area contributed by atoms with Crippen LogP contribution in [-0.2, 0) is 6.54 Å². The topological polar surface area (TPSA) is 96.0 Å². The van der Waals surface area contributed by atoms with E-state index in [2.05, 4.69) is 25.9 Å². The number of nitrogens with one attached hydrogen (secondary N) is 3. The van der Waals surface area contributed by atoms with Crippen molar-refractivity contribution in [2.24, 2.45) is 0 Å². The highest BCUT2D eigenvalue weighted by atomic mass is 16.2. The number of urea groups is 1. The molecular weight excluding hydrogens is 354 g/mol. The maximum absolute atomic E-state index is 12.2. The number of amides is 3. The summed E-state index contributed by atoms with van der Waals surface area (Å²) < 4.78 is 0. The molecule has 7 nitrogen and oxygen atoms in total. The molecule has 1 heterocycles. The van der Waals surface area contributed by atoms with Crippen molar-refractivity contribution in [3.63, 3.8) is 0 Å². The second kappa shape index (κ2) is 8.77. The van der Waals surface area contributed by atoms with E-state index < -0.39 is 0 Å². The first-order chi connectivity index (χ1) is 13.5. The Morgan fingerprint density at radius 3 is 2.29 bits per heavy atom. The third-order valence-corrected chi connectivity index (χ3v) is 3.93. The molecule has 0 aliphatic heterocycles. The summed E-state index contributed by atoms with van der Waals surface area (Å²) in [5, 5.41) is 8.37. The monoisotopic (exact) mass is 375 g/mol. The number of nitrogens with zero attached hydrogens (tertiary/aromatic N) is 2. The van der Waals surface area contributed by atoms with E-state index in [1.54, 1.807) is 18.3 Å². The number of aromatic nitrogens is 2. The number of carbonyl (C=O) groups excluding carboxylic acids is 2. The van der Waals surface area contributed by atoms with Crippen LogP contribution in [0.4, 0.5) is 16.2 Å². The predicted molar refractivity (Wildman–Crippen MR) is 108 cm³/mol. The summed E-state index contributed by atoms with van der Waals surface area (Å²) in [5.74, 6) is -0.303. The SMILES string of the molecule is Cc1cccc(NC(=O)Nc2cccc(CNC(=O)c3cnc(C)cn3)c2)c1. The van der Waals surface area contributed by atoms with Crippen LogP contribution in [0.5, 0.6) is 0 Å². The lowest BCUT2D eigenvalue weighted by atomic mass is 10.2. The maximum atomic E-state index is 12.2. The van der Waals surface area contributed by atoms with Gasteiger partial charge in [0.25, 0.3) is 5.91 Å². The van der Waals surface area contributed by atoms with Crippen LogP contribution in [0.2, 0.25) is 0 Å². The molecule has 28 heavy (non-hydrogen) atoms. The third kappa shape index (κ3) is 5.38.